The van der Waals surface area contributed by atoms with Crippen molar-refractivity contribution in [3.63, 3.8) is 0 Å². The fourth-order valence-electron chi connectivity index (χ4n) is 3.03. The standard InChI is InChI=1S/C20H15ClN4O3/c1-11-10-25(16-6-4-3-5-15(16)21)23-17(11)22-18(26)12-7-8-13-14(9-12)20(28)24(2)19(13)27/h3-10H,1-2H3,(H,22,23,26). The topological polar surface area (TPSA) is 84.3 Å². The minimum Gasteiger partial charge on any atom is -0.305 e. The van der Waals surface area contributed by atoms with Gasteiger partial charge in [0.1, 0.15) is 0 Å². The molecule has 0 bridgehead atoms. The average molecular weight is 395 g/mol. The normalized spacial score (nSPS) is 13.0. The van der Waals surface area contributed by atoms with E-state index in [1.807, 2.05) is 25.1 Å². The van der Waals surface area contributed by atoms with Gasteiger partial charge in [0.25, 0.3) is 17.7 Å². The molecule has 0 fully saturated rings. The average Bonchev–Trinajstić information content (AvgIpc) is 3.15. The van der Waals surface area contributed by atoms with E-state index in [4.69, 9.17) is 11.6 Å². The number of hydrogen-bond acceptors (Lipinski definition) is 4. The number of para-hydroxylation sites is 1. The lowest BCUT2D eigenvalue weighted by molar-refractivity contribution is 0.0693. The summed E-state index contributed by atoms with van der Waals surface area (Å²) in [5.74, 6) is -0.842. The van der Waals surface area contributed by atoms with Gasteiger partial charge in [-0.2, -0.15) is 0 Å². The van der Waals surface area contributed by atoms with Gasteiger partial charge in [-0.1, -0.05) is 23.7 Å². The Morgan fingerprint density at radius 1 is 1.07 bits per heavy atom. The first kappa shape index (κ1) is 17.9. The number of hydrogen-bond donors (Lipinski definition) is 1. The maximum atomic E-state index is 12.7. The summed E-state index contributed by atoms with van der Waals surface area (Å²) < 4.78 is 1.59. The van der Waals surface area contributed by atoms with Crippen molar-refractivity contribution < 1.29 is 14.4 Å². The molecule has 3 amide bonds. The highest BCUT2D eigenvalue weighted by atomic mass is 35.5. The second-order valence-electron chi connectivity index (χ2n) is 6.44. The number of rotatable bonds is 3. The molecule has 4 rings (SSSR count). The van der Waals surface area contributed by atoms with Crippen LogP contribution >= 0.6 is 11.6 Å². The van der Waals surface area contributed by atoms with Crippen molar-refractivity contribution in [3.05, 3.63) is 75.9 Å². The summed E-state index contributed by atoms with van der Waals surface area (Å²) in [5.41, 5.74) is 2.22. The lowest BCUT2D eigenvalue weighted by atomic mass is 10.1. The molecule has 1 aliphatic heterocycles. The molecule has 0 unspecified atom stereocenters. The number of benzene rings is 2. The van der Waals surface area contributed by atoms with E-state index in [0.29, 0.717) is 22.1 Å². The molecule has 2 aromatic carbocycles. The summed E-state index contributed by atoms with van der Waals surface area (Å²) in [5, 5.41) is 7.67. The molecule has 0 atom stereocenters. The van der Waals surface area contributed by atoms with Gasteiger partial charge < -0.3 is 5.32 Å². The van der Waals surface area contributed by atoms with Crippen molar-refractivity contribution in [1.29, 1.82) is 0 Å². The molecule has 8 heteroatoms. The highest BCUT2D eigenvalue weighted by Crippen LogP contribution is 2.25. The Morgan fingerprint density at radius 3 is 2.54 bits per heavy atom. The molecule has 1 aromatic heterocycles. The maximum Gasteiger partial charge on any atom is 0.261 e. The van der Waals surface area contributed by atoms with E-state index in [1.54, 1.807) is 16.9 Å². The monoisotopic (exact) mass is 394 g/mol. The zero-order chi connectivity index (χ0) is 20.0. The number of aromatic nitrogens is 2. The summed E-state index contributed by atoms with van der Waals surface area (Å²) >= 11 is 6.20. The zero-order valence-electron chi connectivity index (χ0n) is 15.1. The number of nitrogens with one attached hydrogen (secondary N) is 1. The van der Waals surface area contributed by atoms with Gasteiger partial charge in [0, 0.05) is 24.4 Å². The number of aryl methyl sites for hydroxylation is 1. The van der Waals surface area contributed by atoms with Gasteiger partial charge in [-0.25, -0.2) is 4.68 Å². The third-order valence-corrected chi connectivity index (χ3v) is 4.90. The molecule has 2 heterocycles. The van der Waals surface area contributed by atoms with Crippen LogP contribution in [0, 0.1) is 6.92 Å². The number of amides is 3. The molecule has 0 saturated heterocycles. The Hall–Kier alpha value is -3.45. The third kappa shape index (κ3) is 2.86. The van der Waals surface area contributed by atoms with Crippen LogP contribution in [0.5, 0.6) is 0 Å². The Balaban J connectivity index is 1.61. The molecule has 0 radical (unpaired) electrons. The van der Waals surface area contributed by atoms with Gasteiger partial charge >= 0.3 is 0 Å². The van der Waals surface area contributed by atoms with Crippen molar-refractivity contribution in [1.82, 2.24) is 14.7 Å². The SMILES string of the molecule is Cc1cn(-c2ccccc2Cl)nc1NC(=O)c1ccc2c(c1)C(=O)N(C)C2=O. The van der Waals surface area contributed by atoms with Crippen LogP contribution in [-0.2, 0) is 0 Å². The summed E-state index contributed by atoms with van der Waals surface area (Å²) in [6.45, 7) is 1.82. The van der Waals surface area contributed by atoms with Crippen LogP contribution < -0.4 is 5.32 Å². The minimum atomic E-state index is -0.426. The van der Waals surface area contributed by atoms with Gasteiger partial charge in [0.15, 0.2) is 5.82 Å². The zero-order valence-corrected chi connectivity index (χ0v) is 15.8. The summed E-state index contributed by atoms with van der Waals surface area (Å²) in [6.07, 6.45) is 1.76. The highest BCUT2D eigenvalue weighted by molar-refractivity contribution is 6.32. The molecule has 0 aliphatic carbocycles. The van der Waals surface area contributed by atoms with Gasteiger partial charge in [-0.05, 0) is 37.3 Å². The number of carbonyl (C=O) groups is 3. The van der Waals surface area contributed by atoms with E-state index in [-0.39, 0.29) is 17.0 Å². The maximum absolute atomic E-state index is 12.7. The Bertz CT molecular complexity index is 1150. The molecule has 1 aliphatic rings. The molecule has 0 saturated carbocycles. The molecule has 0 spiro atoms. The fraction of sp³-hybridized carbons (Fsp3) is 0.100. The highest BCUT2D eigenvalue weighted by Gasteiger charge is 2.33. The fourth-order valence-corrected chi connectivity index (χ4v) is 3.25. The molecule has 7 nitrogen and oxygen atoms in total. The number of anilines is 1. The molecular weight excluding hydrogens is 380 g/mol. The number of fused-ring (bicyclic) bond motifs is 1. The predicted octanol–water partition coefficient (Wildman–Crippen LogP) is 3.31. The van der Waals surface area contributed by atoms with Crippen molar-refractivity contribution >= 4 is 35.1 Å². The largest absolute Gasteiger partial charge is 0.305 e. The predicted molar refractivity (Wildman–Crippen MR) is 104 cm³/mol. The van der Waals surface area contributed by atoms with Crippen LogP contribution in [-0.4, -0.2) is 39.4 Å². The van der Waals surface area contributed by atoms with Crippen LogP contribution in [0.2, 0.25) is 5.02 Å². The Kier molecular flexibility index (Phi) is 4.24. The number of halogens is 1. The molecule has 3 aromatic rings. The molecule has 1 N–H and O–H groups in total. The second kappa shape index (κ2) is 6.61. The number of carbonyl (C=O) groups excluding carboxylic acids is 3. The van der Waals surface area contributed by atoms with Gasteiger partial charge in [-0.15, -0.1) is 5.10 Å². The quantitative estimate of drug-likeness (QED) is 0.691. The Labute approximate surface area is 165 Å². The van der Waals surface area contributed by atoms with Gasteiger partial charge in [-0.3, -0.25) is 19.3 Å². The summed E-state index contributed by atoms with van der Waals surface area (Å²) in [4.78, 5) is 37.8. The van der Waals surface area contributed by atoms with E-state index in [0.717, 1.165) is 10.5 Å². The van der Waals surface area contributed by atoms with Crippen LogP contribution in [0.4, 0.5) is 5.82 Å². The van der Waals surface area contributed by atoms with E-state index >= 15 is 0 Å². The van der Waals surface area contributed by atoms with Crippen molar-refractivity contribution in [2.75, 3.05) is 12.4 Å². The first-order chi connectivity index (χ1) is 13.4. The summed E-state index contributed by atoms with van der Waals surface area (Å²) in [6, 6.07) is 11.7. The van der Waals surface area contributed by atoms with Gasteiger partial charge in [0.2, 0.25) is 0 Å². The Morgan fingerprint density at radius 2 is 1.79 bits per heavy atom. The smallest absolute Gasteiger partial charge is 0.261 e. The molecule has 140 valence electrons. The summed E-state index contributed by atoms with van der Waals surface area (Å²) in [7, 11) is 1.41. The van der Waals surface area contributed by atoms with Crippen LogP contribution in [0.25, 0.3) is 5.69 Å². The van der Waals surface area contributed by atoms with E-state index < -0.39 is 11.8 Å². The minimum absolute atomic E-state index is 0.221. The van der Waals surface area contributed by atoms with Crippen LogP contribution in [0.1, 0.15) is 36.6 Å². The lowest BCUT2D eigenvalue weighted by Crippen LogP contribution is -2.24. The first-order valence-electron chi connectivity index (χ1n) is 8.46. The van der Waals surface area contributed by atoms with E-state index in [9.17, 15) is 14.4 Å². The lowest BCUT2D eigenvalue weighted by Gasteiger charge is -2.05. The van der Waals surface area contributed by atoms with Gasteiger partial charge in [0.05, 0.1) is 21.8 Å². The number of imide groups is 1. The van der Waals surface area contributed by atoms with Crippen LogP contribution in [0.15, 0.2) is 48.7 Å². The van der Waals surface area contributed by atoms with Crippen LogP contribution in [0.3, 0.4) is 0 Å². The molecule has 28 heavy (non-hydrogen) atoms. The van der Waals surface area contributed by atoms with Crippen molar-refractivity contribution in [2.45, 2.75) is 6.92 Å². The van der Waals surface area contributed by atoms with E-state index in [1.165, 1.54) is 25.2 Å². The number of nitrogens with zero attached hydrogens (tertiary/aromatic N) is 3. The van der Waals surface area contributed by atoms with Crippen molar-refractivity contribution in [3.8, 4) is 5.69 Å². The van der Waals surface area contributed by atoms with E-state index in [2.05, 4.69) is 10.4 Å². The first-order valence-corrected chi connectivity index (χ1v) is 8.83. The third-order valence-electron chi connectivity index (χ3n) is 4.58. The van der Waals surface area contributed by atoms with Crippen molar-refractivity contribution in [2.24, 2.45) is 0 Å². The second-order valence-corrected chi connectivity index (χ2v) is 6.85. The molecular formula is C20H15ClN4O3.